The Bertz CT molecular complexity index is 1130. The Balaban J connectivity index is 1.56. The molecule has 2 aromatic carbocycles. The van der Waals surface area contributed by atoms with Gasteiger partial charge in [0.2, 0.25) is 15.9 Å². The van der Waals surface area contributed by atoms with Crippen LogP contribution in [0.25, 0.3) is 0 Å². The molecule has 5 nitrogen and oxygen atoms in total. The highest BCUT2D eigenvalue weighted by atomic mass is 32.2. The summed E-state index contributed by atoms with van der Waals surface area (Å²) in [5, 5.41) is 2.85. The number of carbonyl (C=O) groups excluding carboxylic acids is 1. The molecule has 0 fully saturated rings. The first-order valence-corrected chi connectivity index (χ1v) is 12.5. The van der Waals surface area contributed by atoms with E-state index < -0.39 is 21.0 Å². The molecule has 166 valence electrons. The number of benzene rings is 2. The lowest BCUT2D eigenvalue weighted by molar-refractivity contribution is -0.117. The van der Waals surface area contributed by atoms with Crippen molar-refractivity contribution in [3.05, 3.63) is 58.7 Å². The van der Waals surface area contributed by atoms with Gasteiger partial charge < -0.3 is 5.32 Å². The summed E-state index contributed by atoms with van der Waals surface area (Å²) >= 11 is 0. The van der Waals surface area contributed by atoms with Crippen molar-refractivity contribution >= 4 is 21.6 Å². The first kappa shape index (κ1) is 22.0. The van der Waals surface area contributed by atoms with Gasteiger partial charge in [-0.15, -0.1) is 0 Å². The molecule has 2 aliphatic rings. The molecule has 6 heteroatoms. The molecule has 1 aliphatic carbocycles. The van der Waals surface area contributed by atoms with Crippen LogP contribution in [-0.2, 0) is 39.5 Å². The fourth-order valence-electron chi connectivity index (χ4n) is 4.92. The predicted octanol–water partition coefficient (Wildman–Crippen LogP) is 4.48. The third-order valence-electron chi connectivity index (χ3n) is 6.38. The zero-order valence-corrected chi connectivity index (χ0v) is 19.7. The molecule has 0 aromatic heterocycles. The average Bonchev–Trinajstić information content (AvgIpc) is 2.65. The second-order valence-corrected chi connectivity index (χ2v) is 12.0. The third-order valence-corrected chi connectivity index (χ3v) is 8.07. The number of nitrogens with one attached hydrogen (secondary N) is 2. The van der Waals surface area contributed by atoms with Gasteiger partial charge in [-0.2, -0.15) is 0 Å². The number of hydrogen-bond acceptors (Lipinski definition) is 3. The molecule has 1 amide bonds. The molecule has 0 saturated carbocycles. The molecule has 0 radical (unpaired) electrons. The summed E-state index contributed by atoms with van der Waals surface area (Å²) < 4.78 is 29.4. The van der Waals surface area contributed by atoms with Gasteiger partial charge in [0.1, 0.15) is 0 Å². The first-order valence-electron chi connectivity index (χ1n) is 11.0. The lowest BCUT2D eigenvalue weighted by Crippen LogP contribution is -2.45. The Kier molecular flexibility index (Phi) is 5.51. The minimum absolute atomic E-state index is 0.0441. The molecule has 0 saturated heterocycles. The van der Waals surface area contributed by atoms with Gasteiger partial charge in [-0.3, -0.25) is 4.79 Å². The Hall–Kier alpha value is -2.18. The van der Waals surface area contributed by atoms with Crippen LogP contribution in [0.3, 0.4) is 0 Å². The first-order chi connectivity index (χ1) is 14.5. The molecule has 4 rings (SSSR count). The highest BCUT2D eigenvalue weighted by Crippen LogP contribution is 2.38. The van der Waals surface area contributed by atoms with Crippen molar-refractivity contribution < 1.29 is 13.2 Å². The van der Waals surface area contributed by atoms with Crippen molar-refractivity contribution in [2.75, 3.05) is 5.32 Å². The van der Waals surface area contributed by atoms with Crippen molar-refractivity contribution in [1.82, 2.24) is 4.72 Å². The molecular formula is C25H32N2O3S. The number of anilines is 1. The largest absolute Gasteiger partial charge is 0.326 e. The van der Waals surface area contributed by atoms with Gasteiger partial charge in [0.15, 0.2) is 0 Å². The van der Waals surface area contributed by atoms with Crippen LogP contribution in [0.2, 0.25) is 0 Å². The smallest absolute Gasteiger partial charge is 0.241 e. The highest BCUT2D eigenvalue weighted by molar-refractivity contribution is 7.89. The summed E-state index contributed by atoms with van der Waals surface area (Å²) in [4.78, 5) is 12.2. The van der Waals surface area contributed by atoms with Crippen LogP contribution in [0.5, 0.6) is 0 Å². The Morgan fingerprint density at radius 3 is 2.48 bits per heavy atom. The maximum absolute atomic E-state index is 13.2. The summed E-state index contributed by atoms with van der Waals surface area (Å²) in [6, 6.07) is 11.5. The number of carbonyl (C=O) groups is 1. The highest BCUT2D eigenvalue weighted by Gasteiger charge is 2.34. The van der Waals surface area contributed by atoms with Gasteiger partial charge >= 0.3 is 0 Å². The normalized spacial score (nSPS) is 18.1. The van der Waals surface area contributed by atoms with E-state index in [-0.39, 0.29) is 10.8 Å². The second kappa shape index (κ2) is 7.75. The summed E-state index contributed by atoms with van der Waals surface area (Å²) in [7, 11) is -3.72. The van der Waals surface area contributed by atoms with Crippen LogP contribution < -0.4 is 10.0 Å². The van der Waals surface area contributed by atoms with Crippen LogP contribution in [0.15, 0.2) is 41.3 Å². The molecule has 0 bridgehead atoms. The molecule has 2 N–H and O–H groups in total. The van der Waals surface area contributed by atoms with E-state index in [2.05, 4.69) is 28.2 Å². The standard InChI is InChI=1S/C25H32N2O3S/c1-24(2)16-23(28)26-22-12-11-20(14-21(22)24)31(29,30)27-25(3,4)15-17-9-10-18-7-5-6-8-19(18)13-17/h9-14,27H,5-8,15-16H2,1-4H3,(H,26,28). The topological polar surface area (TPSA) is 75.3 Å². The quantitative estimate of drug-likeness (QED) is 0.720. The van der Waals surface area contributed by atoms with Crippen LogP contribution in [0.4, 0.5) is 5.69 Å². The Morgan fingerprint density at radius 1 is 1.03 bits per heavy atom. The number of fused-ring (bicyclic) bond motifs is 2. The van der Waals surface area contributed by atoms with E-state index in [1.54, 1.807) is 18.2 Å². The molecular weight excluding hydrogens is 408 g/mol. The third kappa shape index (κ3) is 4.70. The molecule has 1 heterocycles. The van der Waals surface area contributed by atoms with Crippen molar-refractivity contribution in [1.29, 1.82) is 0 Å². The maximum Gasteiger partial charge on any atom is 0.241 e. The number of sulfonamides is 1. The molecule has 1 aliphatic heterocycles. The predicted molar refractivity (Wildman–Crippen MR) is 124 cm³/mol. The fourth-order valence-corrected chi connectivity index (χ4v) is 6.35. The Labute approximate surface area is 185 Å². The molecule has 31 heavy (non-hydrogen) atoms. The number of hydrogen-bond donors (Lipinski definition) is 2. The number of amides is 1. The van der Waals surface area contributed by atoms with Crippen molar-refractivity contribution in [2.24, 2.45) is 0 Å². The minimum atomic E-state index is -3.72. The van der Waals surface area contributed by atoms with Crippen LogP contribution >= 0.6 is 0 Å². The number of rotatable bonds is 5. The van der Waals surface area contributed by atoms with Gasteiger partial charge in [0, 0.05) is 23.1 Å². The van der Waals surface area contributed by atoms with Gasteiger partial charge in [-0.05, 0) is 86.4 Å². The minimum Gasteiger partial charge on any atom is -0.326 e. The van der Waals surface area contributed by atoms with Crippen LogP contribution in [-0.4, -0.2) is 19.9 Å². The average molecular weight is 441 g/mol. The Morgan fingerprint density at radius 2 is 1.74 bits per heavy atom. The second-order valence-electron chi connectivity index (χ2n) is 10.3. The summed E-state index contributed by atoms with van der Waals surface area (Å²) in [5.74, 6) is -0.0441. The lowest BCUT2D eigenvalue weighted by Gasteiger charge is -2.33. The summed E-state index contributed by atoms with van der Waals surface area (Å²) in [5.41, 5.74) is 4.47. The summed E-state index contributed by atoms with van der Waals surface area (Å²) in [6.07, 6.45) is 5.67. The van der Waals surface area contributed by atoms with E-state index in [0.717, 1.165) is 24.0 Å². The monoisotopic (exact) mass is 440 g/mol. The number of aryl methyl sites for hydroxylation is 2. The molecule has 0 spiro atoms. The SMILES string of the molecule is CC(C)(Cc1ccc2c(c1)CCCC2)NS(=O)(=O)c1ccc2c(c1)C(C)(C)CC(=O)N2. The van der Waals surface area contributed by atoms with E-state index in [4.69, 9.17) is 0 Å². The zero-order valence-electron chi connectivity index (χ0n) is 18.8. The van der Waals surface area contributed by atoms with E-state index >= 15 is 0 Å². The molecule has 0 atom stereocenters. The maximum atomic E-state index is 13.2. The van der Waals surface area contributed by atoms with E-state index in [1.807, 2.05) is 27.7 Å². The van der Waals surface area contributed by atoms with Gasteiger partial charge in [-0.1, -0.05) is 32.0 Å². The van der Waals surface area contributed by atoms with E-state index in [1.165, 1.54) is 24.0 Å². The molecule has 0 unspecified atom stereocenters. The van der Waals surface area contributed by atoms with Crippen LogP contribution in [0.1, 0.15) is 69.2 Å². The zero-order chi connectivity index (χ0) is 22.4. The fraction of sp³-hybridized carbons (Fsp3) is 0.480. The van der Waals surface area contributed by atoms with Gasteiger partial charge in [-0.25, -0.2) is 13.1 Å². The van der Waals surface area contributed by atoms with Gasteiger partial charge in [0.05, 0.1) is 4.90 Å². The summed E-state index contributed by atoms with van der Waals surface area (Å²) in [6.45, 7) is 7.78. The van der Waals surface area contributed by atoms with Crippen LogP contribution in [0, 0.1) is 0 Å². The van der Waals surface area contributed by atoms with E-state index in [0.29, 0.717) is 18.5 Å². The van der Waals surface area contributed by atoms with E-state index in [9.17, 15) is 13.2 Å². The van der Waals surface area contributed by atoms with Gasteiger partial charge in [0.25, 0.3) is 0 Å². The lowest BCUT2D eigenvalue weighted by atomic mass is 9.78. The molecule has 2 aromatic rings. The van der Waals surface area contributed by atoms with Crippen molar-refractivity contribution in [3.63, 3.8) is 0 Å². The van der Waals surface area contributed by atoms with Crippen molar-refractivity contribution in [2.45, 2.75) is 82.1 Å². The van der Waals surface area contributed by atoms with Crippen molar-refractivity contribution in [3.8, 4) is 0 Å².